The molecule has 23 heavy (non-hydrogen) atoms. The van der Waals surface area contributed by atoms with Crippen LogP contribution in [0.4, 0.5) is 0 Å². The van der Waals surface area contributed by atoms with E-state index >= 15 is 0 Å². The minimum atomic E-state index is 0. The second kappa shape index (κ2) is 8.43. The number of carbonyl (C=O) groups excluding carboxylic acids is 1. The minimum absolute atomic E-state index is 0. The number of hydrogen-bond donors (Lipinski definition) is 1. The van der Waals surface area contributed by atoms with E-state index in [4.69, 9.17) is 5.73 Å². The molecule has 0 bridgehead atoms. The second-order valence-electron chi connectivity index (χ2n) is 5.80. The van der Waals surface area contributed by atoms with E-state index in [-0.39, 0.29) is 24.4 Å². The van der Waals surface area contributed by atoms with Gasteiger partial charge in [-0.25, -0.2) is 4.98 Å². The Balaban J connectivity index is 0.00000192. The van der Waals surface area contributed by atoms with Crippen molar-refractivity contribution >= 4 is 29.7 Å². The first kappa shape index (κ1) is 17.9. The SMILES string of the molecule is Cl.NC1CCCCN(C(=O)c2csc(Cc3ccccc3)n2)C1. The highest BCUT2D eigenvalue weighted by molar-refractivity contribution is 7.09. The third kappa shape index (κ3) is 4.77. The summed E-state index contributed by atoms with van der Waals surface area (Å²) in [6, 6.07) is 10.3. The Kier molecular flexibility index (Phi) is 6.57. The van der Waals surface area contributed by atoms with Gasteiger partial charge in [-0.3, -0.25) is 4.79 Å². The van der Waals surface area contributed by atoms with Crippen LogP contribution in [0.15, 0.2) is 35.7 Å². The third-order valence-electron chi connectivity index (χ3n) is 3.96. The average molecular weight is 352 g/mol. The van der Waals surface area contributed by atoms with Crippen LogP contribution in [0.1, 0.15) is 40.3 Å². The summed E-state index contributed by atoms with van der Waals surface area (Å²) in [6.45, 7) is 1.43. The summed E-state index contributed by atoms with van der Waals surface area (Å²) in [5.41, 5.74) is 7.81. The Morgan fingerprint density at radius 3 is 2.87 bits per heavy atom. The van der Waals surface area contributed by atoms with E-state index in [1.54, 1.807) is 11.3 Å². The van der Waals surface area contributed by atoms with Gasteiger partial charge in [-0.2, -0.15) is 0 Å². The number of benzene rings is 1. The molecule has 2 aromatic rings. The van der Waals surface area contributed by atoms with E-state index < -0.39 is 0 Å². The van der Waals surface area contributed by atoms with Gasteiger partial charge in [0.25, 0.3) is 5.91 Å². The molecule has 1 aliphatic rings. The van der Waals surface area contributed by atoms with Gasteiger partial charge in [0.2, 0.25) is 0 Å². The molecule has 4 nitrogen and oxygen atoms in total. The van der Waals surface area contributed by atoms with Crippen molar-refractivity contribution in [2.75, 3.05) is 13.1 Å². The average Bonchev–Trinajstić information content (AvgIpc) is 2.88. The van der Waals surface area contributed by atoms with Gasteiger partial charge in [0.05, 0.1) is 5.01 Å². The largest absolute Gasteiger partial charge is 0.336 e. The summed E-state index contributed by atoms with van der Waals surface area (Å²) in [5, 5.41) is 2.85. The van der Waals surface area contributed by atoms with Crippen LogP contribution in [-0.4, -0.2) is 34.9 Å². The molecule has 1 aliphatic heterocycles. The topological polar surface area (TPSA) is 59.2 Å². The highest BCUT2D eigenvalue weighted by Gasteiger charge is 2.22. The van der Waals surface area contributed by atoms with Crippen LogP contribution in [0.3, 0.4) is 0 Å². The molecule has 0 saturated carbocycles. The zero-order valence-corrected chi connectivity index (χ0v) is 14.6. The first-order valence-corrected chi connectivity index (χ1v) is 8.63. The molecule has 1 amide bonds. The number of nitrogens with two attached hydrogens (primary N) is 1. The molecule has 1 unspecified atom stereocenters. The molecule has 0 aliphatic carbocycles. The van der Waals surface area contributed by atoms with Gasteiger partial charge < -0.3 is 10.6 Å². The smallest absolute Gasteiger partial charge is 0.273 e. The fourth-order valence-electron chi connectivity index (χ4n) is 2.78. The highest BCUT2D eigenvalue weighted by atomic mass is 35.5. The maximum atomic E-state index is 12.6. The Morgan fingerprint density at radius 2 is 2.09 bits per heavy atom. The lowest BCUT2D eigenvalue weighted by molar-refractivity contribution is 0.0750. The van der Waals surface area contributed by atoms with E-state index in [0.29, 0.717) is 12.2 Å². The van der Waals surface area contributed by atoms with Gasteiger partial charge in [0, 0.05) is 30.9 Å². The Labute approximate surface area is 147 Å². The maximum absolute atomic E-state index is 12.6. The highest BCUT2D eigenvalue weighted by Crippen LogP contribution is 2.18. The fraction of sp³-hybridized carbons (Fsp3) is 0.412. The number of nitrogens with zero attached hydrogens (tertiary/aromatic N) is 2. The van der Waals surface area contributed by atoms with Gasteiger partial charge in [0.1, 0.15) is 5.69 Å². The van der Waals surface area contributed by atoms with Crippen LogP contribution in [0, 0.1) is 0 Å². The molecule has 1 aromatic carbocycles. The van der Waals surface area contributed by atoms with E-state index in [2.05, 4.69) is 17.1 Å². The van der Waals surface area contributed by atoms with Crippen molar-refractivity contribution in [2.24, 2.45) is 5.73 Å². The molecule has 3 rings (SSSR count). The minimum Gasteiger partial charge on any atom is -0.336 e. The number of rotatable bonds is 3. The Hall–Kier alpha value is -1.43. The fourth-order valence-corrected chi connectivity index (χ4v) is 3.58. The van der Waals surface area contributed by atoms with E-state index in [0.717, 1.165) is 37.2 Å². The van der Waals surface area contributed by atoms with Crippen molar-refractivity contribution in [1.82, 2.24) is 9.88 Å². The van der Waals surface area contributed by atoms with Crippen LogP contribution in [-0.2, 0) is 6.42 Å². The molecule has 1 atom stereocenters. The number of carbonyl (C=O) groups is 1. The van der Waals surface area contributed by atoms with Crippen molar-refractivity contribution in [3.05, 3.63) is 52.0 Å². The lowest BCUT2D eigenvalue weighted by Crippen LogP contribution is -2.39. The molecular weight excluding hydrogens is 330 g/mol. The first-order valence-electron chi connectivity index (χ1n) is 7.75. The summed E-state index contributed by atoms with van der Waals surface area (Å²) in [4.78, 5) is 19.0. The third-order valence-corrected chi connectivity index (χ3v) is 4.81. The number of halogens is 1. The van der Waals surface area contributed by atoms with Crippen molar-refractivity contribution in [1.29, 1.82) is 0 Å². The quantitative estimate of drug-likeness (QED) is 0.924. The molecule has 0 spiro atoms. The number of thiazole rings is 1. The monoisotopic (exact) mass is 351 g/mol. The number of hydrogen-bond acceptors (Lipinski definition) is 4. The molecule has 124 valence electrons. The number of aromatic nitrogens is 1. The number of likely N-dealkylation sites (tertiary alicyclic amines) is 1. The predicted octanol–water partition coefficient (Wildman–Crippen LogP) is 3.11. The van der Waals surface area contributed by atoms with E-state index in [1.807, 2.05) is 28.5 Å². The van der Waals surface area contributed by atoms with Crippen molar-refractivity contribution in [3.63, 3.8) is 0 Å². The molecule has 2 heterocycles. The van der Waals surface area contributed by atoms with Gasteiger partial charge in [-0.1, -0.05) is 36.8 Å². The van der Waals surface area contributed by atoms with Gasteiger partial charge in [0.15, 0.2) is 0 Å². The summed E-state index contributed by atoms with van der Waals surface area (Å²) in [7, 11) is 0. The molecule has 1 aromatic heterocycles. The van der Waals surface area contributed by atoms with Crippen molar-refractivity contribution in [3.8, 4) is 0 Å². The molecule has 2 N–H and O–H groups in total. The molecular formula is C17H22ClN3OS. The van der Waals surface area contributed by atoms with Crippen LogP contribution in [0.2, 0.25) is 0 Å². The summed E-state index contributed by atoms with van der Waals surface area (Å²) in [6.07, 6.45) is 3.90. The molecule has 6 heteroatoms. The maximum Gasteiger partial charge on any atom is 0.273 e. The Bertz CT molecular complexity index is 632. The normalized spacial score (nSPS) is 18.1. The van der Waals surface area contributed by atoms with Gasteiger partial charge >= 0.3 is 0 Å². The van der Waals surface area contributed by atoms with E-state index in [9.17, 15) is 4.79 Å². The van der Waals surface area contributed by atoms with Crippen LogP contribution in [0.5, 0.6) is 0 Å². The predicted molar refractivity (Wildman–Crippen MR) is 96.3 cm³/mol. The van der Waals surface area contributed by atoms with Crippen molar-refractivity contribution in [2.45, 2.75) is 31.7 Å². The lowest BCUT2D eigenvalue weighted by Gasteiger charge is -2.21. The van der Waals surface area contributed by atoms with Crippen LogP contribution < -0.4 is 5.73 Å². The number of amides is 1. The zero-order valence-electron chi connectivity index (χ0n) is 13.0. The first-order chi connectivity index (χ1) is 10.7. The summed E-state index contributed by atoms with van der Waals surface area (Å²) < 4.78 is 0. The van der Waals surface area contributed by atoms with Gasteiger partial charge in [-0.15, -0.1) is 23.7 Å². The van der Waals surface area contributed by atoms with Gasteiger partial charge in [-0.05, 0) is 18.4 Å². The molecule has 0 radical (unpaired) electrons. The summed E-state index contributed by atoms with van der Waals surface area (Å²) >= 11 is 1.55. The van der Waals surface area contributed by atoms with Crippen molar-refractivity contribution < 1.29 is 4.79 Å². The summed E-state index contributed by atoms with van der Waals surface area (Å²) in [5.74, 6) is 0.0212. The Morgan fingerprint density at radius 1 is 1.30 bits per heavy atom. The zero-order chi connectivity index (χ0) is 15.4. The standard InChI is InChI=1S/C17H21N3OS.ClH/c18-14-8-4-5-9-20(11-14)17(21)15-12-22-16(19-15)10-13-6-2-1-3-7-13;/h1-3,6-7,12,14H,4-5,8-11,18H2;1H. The van der Waals surface area contributed by atoms with Crippen LogP contribution in [0.25, 0.3) is 0 Å². The molecule has 1 saturated heterocycles. The molecule has 1 fully saturated rings. The lowest BCUT2D eigenvalue weighted by atomic mass is 10.2. The second-order valence-corrected chi connectivity index (χ2v) is 6.74. The van der Waals surface area contributed by atoms with Crippen LogP contribution >= 0.6 is 23.7 Å². The van der Waals surface area contributed by atoms with E-state index in [1.165, 1.54) is 5.56 Å².